The Morgan fingerprint density at radius 2 is 1.74 bits per heavy atom. The van der Waals surface area contributed by atoms with Gasteiger partial charge in [-0.1, -0.05) is 12.1 Å². The predicted octanol–water partition coefficient (Wildman–Crippen LogP) is 2.47. The Labute approximate surface area is 228 Å². The van der Waals surface area contributed by atoms with Crippen LogP contribution in [0, 0.1) is 12.8 Å². The lowest BCUT2D eigenvalue weighted by molar-refractivity contribution is -0.0546. The summed E-state index contributed by atoms with van der Waals surface area (Å²) in [6.07, 6.45) is 2.59. The Morgan fingerprint density at radius 1 is 1.00 bits per heavy atom. The monoisotopic (exact) mass is 539 g/mol. The van der Waals surface area contributed by atoms with Crippen molar-refractivity contribution in [1.29, 1.82) is 0 Å². The van der Waals surface area contributed by atoms with E-state index >= 15 is 0 Å². The number of rotatable bonds is 12. The van der Waals surface area contributed by atoms with Crippen LogP contribution in [0.1, 0.15) is 35.2 Å². The Kier molecular flexibility index (Phi) is 9.05. The van der Waals surface area contributed by atoms with Gasteiger partial charge in [-0.3, -0.25) is 0 Å². The van der Waals surface area contributed by atoms with Gasteiger partial charge >= 0.3 is 0 Å². The number of pyridine rings is 1. The largest absolute Gasteiger partial charge is 0.496 e. The number of nitrogens with one attached hydrogen (secondary N) is 2. The number of ether oxygens (including phenoxy) is 3. The van der Waals surface area contributed by atoms with Gasteiger partial charge in [-0.2, -0.15) is 4.98 Å². The average Bonchev–Trinajstić information content (AvgIpc) is 3.24. The third-order valence-corrected chi connectivity index (χ3v) is 7.24. The molecule has 11 nitrogen and oxygen atoms in total. The number of aliphatic hydroxyl groups excluding tert-OH is 2. The van der Waals surface area contributed by atoms with E-state index in [1.807, 2.05) is 37.3 Å². The molecule has 2 heterocycles. The van der Waals surface area contributed by atoms with Crippen LogP contribution in [0.5, 0.6) is 17.4 Å². The van der Waals surface area contributed by atoms with Crippen LogP contribution in [0.3, 0.4) is 0 Å². The molecule has 2 aromatic heterocycles. The molecule has 4 rings (SSSR count). The minimum Gasteiger partial charge on any atom is -0.496 e. The summed E-state index contributed by atoms with van der Waals surface area (Å²) in [6, 6.07) is 9.31. The van der Waals surface area contributed by atoms with Gasteiger partial charge < -0.3 is 40.2 Å². The highest BCUT2D eigenvalue weighted by Gasteiger charge is 2.47. The number of hydrogen-bond donors (Lipinski definition) is 5. The van der Waals surface area contributed by atoms with E-state index in [9.17, 15) is 15.3 Å². The van der Waals surface area contributed by atoms with E-state index in [1.54, 1.807) is 27.5 Å². The maximum atomic E-state index is 11.3. The number of methoxy groups -OCH3 is 3. The maximum absolute atomic E-state index is 11.3. The zero-order valence-corrected chi connectivity index (χ0v) is 22.8. The van der Waals surface area contributed by atoms with Crippen molar-refractivity contribution in [3.8, 4) is 17.4 Å². The minimum atomic E-state index is -1.63. The lowest BCUT2D eigenvalue weighted by Gasteiger charge is -2.31. The molecule has 1 aromatic carbocycles. The smallest absolute Gasteiger partial charge is 0.225 e. The van der Waals surface area contributed by atoms with E-state index in [0.717, 1.165) is 22.4 Å². The van der Waals surface area contributed by atoms with Crippen molar-refractivity contribution in [2.24, 2.45) is 5.92 Å². The van der Waals surface area contributed by atoms with Crippen LogP contribution in [0.15, 0.2) is 36.5 Å². The molecule has 11 heteroatoms. The fourth-order valence-corrected chi connectivity index (χ4v) is 4.93. The molecule has 1 aliphatic carbocycles. The Bertz CT molecular complexity index is 1240. The Balaban J connectivity index is 1.62. The number of aryl methyl sites for hydroxylation is 2. The second-order valence-electron chi connectivity index (χ2n) is 9.64. The first-order valence-corrected chi connectivity index (χ1v) is 12.9. The average molecular weight is 540 g/mol. The molecule has 0 radical (unpaired) electrons. The van der Waals surface area contributed by atoms with E-state index in [-0.39, 0.29) is 13.0 Å². The van der Waals surface area contributed by atoms with Crippen molar-refractivity contribution in [2.45, 2.75) is 51.0 Å². The van der Waals surface area contributed by atoms with Crippen LogP contribution in [0.4, 0.5) is 11.8 Å². The van der Waals surface area contributed by atoms with Crippen molar-refractivity contribution in [3.05, 3.63) is 58.9 Å². The first-order valence-electron chi connectivity index (χ1n) is 12.9. The molecule has 5 N–H and O–H groups in total. The number of aliphatic hydroxyl groups is 3. The molecule has 3 atom stereocenters. The van der Waals surface area contributed by atoms with Crippen LogP contribution >= 0.6 is 0 Å². The zero-order valence-electron chi connectivity index (χ0n) is 22.8. The molecule has 1 fully saturated rings. The molecular weight excluding hydrogens is 502 g/mol. The summed E-state index contributed by atoms with van der Waals surface area (Å²) >= 11 is 0. The highest BCUT2D eigenvalue weighted by molar-refractivity contribution is 5.53. The topological polar surface area (TPSA) is 151 Å². The minimum absolute atomic E-state index is 0.209. The van der Waals surface area contributed by atoms with E-state index in [1.165, 1.54) is 0 Å². The van der Waals surface area contributed by atoms with E-state index < -0.39 is 17.7 Å². The molecule has 0 spiro atoms. The van der Waals surface area contributed by atoms with Crippen molar-refractivity contribution >= 4 is 11.8 Å². The van der Waals surface area contributed by atoms with Crippen LogP contribution < -0.4 is 24.8 Å². The normalized spacial score (nSPS) is 20.5. The summed E-state index contributed by atoms with van der Waals surface area (Å²) in [5, 5.41) is 38.0. The number of benzene rings is 1. The third-order valence-electron chi connectivity index (χ3n) is 7.24. The van der Waals surface area contributed by atoms with Gasteiger partial charge in [-0.15, -0.1) is 0 Å². The maximum Gasteiger partial charge on any atom is 0.225 e. The lowest BCUT2D eigenvalue weighted by Crippen LogP contribution is -2.48. The Morgan fingerprint density at radius 3 is 2.33 bits per heavy atom. The summed E-state index contributed by atoms with van der Waals surface area (Å²) in [7, 11) is 4.77. The summed E-state index contributed by atoms with van der Waals surface area (Å²) in [5.74, 6) is 2.21. The summed E-state index contributed by atoms with van der Waals surface area (Å²) in [6.45, 7) is 2.01. The number of nitrogens with zero attached hydrogens (tertiary/aromatic N) is 3. The Hall–Kier alpha value is -3.67. The van der Waals surface area contributed by atoms with E-state index in [4.69, 9.17) is 19.2 Å². The fourth-order valence-electron chi connectivity index (χ4n) is 4.93. The second kappa shape index (κ2) is 12.5. The van der Waals surface area contributed by atoms with Gasteiger partial charge in [0.2, 0.25) is 11.8 Å². The molecule has 210 valence electrons. The van der Waals surface area contributed by atoms with Gasteiger partial charge in [0.05, 0.1) is 33.4 Å². The summed E-state index contributed by atoms with van der Waals surface area (Å²) in [4.78, 5) is 13.7. The number of hydrogen-bond acceptors (Lipinski definition) is 11. The lowest BCUT2D eigenvalue weighted by atomic mass is 10.0. The van der Waals surface area contributed by atoms with Crippen molar-refractivity contribution in [3.63, 3.8) is 0 Å². The SMILES string of the molecule is COc1ccc(CCc2c(C)nc(NCc3c(OC)cccc3OC)nc2NC2(O)CCC(CO)C2O)cn1. The fraction of sp³-hybridized carbons (Fsp3) is 0.464. The first-order chi connectivity index (χ1) is 18.8. The summed E-state index contributed by atoms with van der Waals surface area (Å²) in [5.41, 5.74) is 1.71. The zero-order chi connectivity index (χ0) is 28.0. The van der Waals surface area contributed by atoms with Crippen LogP contribution in [0.25, 0.3) is 0 Å². The summed E-state index contributed by atoms with van der Waals surface area (Å²) < 4.78 is 16.1. The third kappa shape index (κ3) is 6.32. The van der Waals surface area contributed by atoms with E-state index in [2.05, 4.69) is 20.6 Å². The molecular formula is C28H37N5O6. The number of anilines is 2. The second-order valence-corrected chi connectivity index (χ2v) is 9.64. The van der Waals surface area contributed by atoms with Gasteiger partial charge in [0.1, 0.15) is 23.4 Å². The van der Waals surface area contributed by atoms with Crippen molar-refractivity contribution in [2.75, 3.05) is 38.6 Å². The predicted molar refractivity (Wildman–Crippen MR) is 146 cm³/mol. The van der Waals surface area contributed by atoms with Gasteiger partial charge in [-0.05, 0) is 50.3 Å². The number of aromatic nitrogens is 3. The standard InChI is InChI=1S/C28H37N5O6/c1-17-20(10-8-18-9-11-24(39-4)29-14-18)26(33-28(36)13-12-19(16-34)25(28)35)32-27(31-17)30-15-21-22(37-2)6-5-7-23(21)38-3/h5-7,9,11,14,19,25,34-36H,8,10,12-13,15-16H2,1-4H3,(H2,30,31,32,33). The van der Waals surface area contributed by atoms with Crippen molar-refractivity contribution < 1.29 is 29.5 Å². The molecule has 3 aromatic rings. The highest BCUT2D eigenvalue weighted by Crippen LogP contribution is 2.37. The van der Waals surface area contributed by atoms with Crippen LogP contribution in [0.2, 0.25) is 0 Å². The van der Waals surface area contributed by atoms with E-state index in [0.29, 0.717) is 55.0 Å². The first kappa shape index (κ1) is 28.3. The molecule has 0 aliphatic heterocycles. The van der Waals surface area contributed by atoms with Crippen molar-refractivity contribution in [1.82, 2.24) is 15.0 Å². The quantitative estimate of drug-likeness (QED) is 0.216. The molecule has 0 amide bonds. The molecule has 0 saturated heterocycles. The van der Waals surface area contributed by atoms with Crippen LogP contribution in [-0.4, -0.2) is 70.0 Å². The molecule has 0 bridgehead atoms. The van der Waals surface area contributed by atoms with Gasteiger partial charge in [0.25, 0.3) is 0 Å². The van der Waals surface area contributed by atoms with Gasteiger partial charge in [0, 0.05) is 36.0 Å². The molecule has 3 unspecified atom stereocenters. The van der Waals surface area contributed by atoms with Crippen LogP contribution in [-0.2, 0) is 19.4 Å². The molecule has 1 saturated carbocycles. The molecule has 39 heavy (non-hydrogen) atoms. The molecule has 1 aliphatic rings. The highest BCUT2D eigenvalue weighted by atomic mass is 16.5. The van der Waals surface area contributed by atoms with Gasteiger partial charge in [-0.25, -0.2) is 9.97 Å². The van der Waals surface area contributed by atoms with Gasteiger partial charge in [0.15, 0.2) is 5.72 Å².